The number of nitrogens with zero attached hydrogens (tertiary/aromatic N) is 1. The highest BCUT2D eigenvalue weighted by Crippen LogP contribution is 2.27. The maximum Gasteiger partial charge on any atom is 0.335 e. The molecule has 0 radical (unpaired) electrons. The van der Waals surface area contributed by atoms with Crippen molar-refractivity contribution in [2.75, 3.05) is 13.1 Å². The number of fused-ring (bicyclic) bond motifs is 1. The lowest BCUT2D eigenvalue weighted by molar-refractivity contribution is 0.0691. The Balaban J connectivity index is 1.45. The van der Waals surface area contributed by atoms with E-state index in [0.29, 0.717) is 24.6 Å². The first-order chi connectivity index (χ1) is 13.5. The number of carbonyl (C=O) groups is 2. The zero-order valence-electron chi connectivity index (χ0n) is 15.9. The Morgan fingerprint density at radius 1 is 1.07 bits per heavy atom. The van der Waals surface area contributed by atoms with Crippen LogP contribution in [0.2, 0.25) is 0 Å². The molecule has 4 rings (SSSR count). The van der Waals surface area contributed by atoms with Gasteiger partial charge in [-0.2, -0.15) is 0 Å². The van der Waals surface area contributed by atoms with Crippen LogP contribution in [0.1, 0.15) is 44.8 Å². The van der Waals surface area contributed by atoms with Crippen LogP contribution >= 0.6 is 0 Å². The summed E-state index contributed by atoms with van der Waals surface area (Å²) in [5.41, 5.74) is 3.93. The average molecular weight is 376 g/mol. The minimum Gasteiger partial charge on any atom is -0.478 e. The highest BCUT2D eigenvalue weighted by atomic mass is 16.4. The van der Waals surface area contributed by atoms with Crippen LogP contribution in [0, 0.1) is 12.8 Å². The maximum absolute atomic E-state index is 13.1. The van der Waals surface area contributed by atoms with Gasteiger partial charge in [-0.15, -0.1) is 0 Å². The van der Waals surface area contributed by atoms with Crippen LogP contribution in [-0.2, 0) is 6.42 Å². The third-order valence-corrected chi connectivity index (χ3v) is 5.77. The molecule has 1 aromatic heterocycles. The molecule has 1 aliphatic heterocycles. The van der Waals surface area contributed by atoms with E-state index in [0.717, 1.165) is 47.0 Å². The fourth-order valence-corrected chi connectivity index (χ4v) is 4.27. The number of hydrogen-bond donors (Lipinski definition) is 2. The second-order valence-electron chi connectivity index (χ2n) is 7.57. The van der Waals surface area contributed by atoms with Crippen molar-refractivity contribution in [3.05, 3.63) is 70.9 Å². The van der Waals surface area contributed by atoms with Gasteiger partial charge in [-0.3, -0.25) is 4.79 Å². The van der Waals surface area contributed by atoms with E-state index >= 15 is 0 Å². The Labute approximate surface area is 164 Å². The summed E-state index contributed by atoms with van der Waals surface area (Å²) in [5.74, 6) is -0.397. The highest BCUT2D eigenvalue weighted by molar-refractivity contribution is 6.08. The fourth-order valence-electron chi connectivity index (χ4n) is 4.27. The number of carboxylic acids is 1. The van der Waals surface area contributed by atoms with Gasteiger partial charge in [0.2, 0.25) is 0 Å². The summed E-state index contributed by atoms with van der Waals surface area (Å²) in [6.45, 7) is 3.36. The van der Waals surface area contributed by atoms with Gasteiger partial charge in [-0.25, -0.2) is 4.79 Å². The Morgan fingerprint density at radius 3 is 2.50 bits per heavy atom. The van der Waals surface area contributed by atoms with Crippen LogP contribution in [0.4, 0.5) is 0 Å². The number of para-hydroxylation sites is 1. The van der Waals surface area contributed by atoms with E-state index in [2.05, 4.69) is 4.98 Å². The third-order valence-electron chi connectivity index (χ3n) is 5.77. The summed E-state index contributed by atoms with van der Waals surface area (Å²) in [6.07, 6.45) is 2.53. The maximum atomic E-state index is 13.1. The Bertz CT molecular complexity index is 1030. The van der Waals surface area contributed by atoms with Gasteiger partial charge < -0.3 is 15.0 Å². The standard InChI is InChI=1S/C23H24N2O3/c1-15-21(19-8-4-5-9-20(19)24-15)22(26)25-12-10-16(11-13-25)14-17-6-2-3-7-18(17)23(27)28/h2-9,16,24H,10-14H2,1H3,(H,27,28). The molecule has 1 saturated heterocycles. The second-order valence-corrected chi connectivity index (χ2v) is 7.57. The molecule has 3 aromatic rings. The van der Waals surface area contributed by atoms with Gasteiger partial charge in [-0.05, 0) is 49.8 Å². The van der Waals surface area contributed by atoms with Crippen LogP contribution in [0.25, 0.3) is 10.9 Å². The lowest BCUT2D eigenvalue weighted by atomic mass is 9.88. The minimum atomic E-state index is -0.877. The number of aromatic nitrogens is 1. The number of likely N-dealkylation sites (tertiary alicyclic amines) is 1. The lowest BCUT2D eigenvalue weighted by Gasteiger charge is -2.32. The first kappa shape index (κ1) is 18.3. The molecule has 0 unspecified atom stereocenters. The molecular weight excluding hydrogens is 352 g/mol. The molecule has 2 N–H and O–H groups in total. The van der Waals surface area contributed by atoms with Crippen molar-refractivity contribution >= 4 is 22.8 Å². The number of piperidine rings is 1. The molecule has 2 aromatic carbocycles. The summed E-state index contributed by atoms with van der Waals surface area (Å²) in [6, 6.07) is 15.1. The molecule has 2 heterocycles. The Hall–Kier alpha value is -3.08. The normalized spacial score (nSPS) is 15.1. The number of aryl methyl sites for hydroxylation is 1. The molecular formula is C23H24N2O3. The van der Waals surface area contributed by atoms with Crippen molar-refractivity contribution in [1.82, 2.24) is 9.88 Å². The molecule has 28 heavy (non-hydrogen) atoms. The molecule has 144 valence electrons. The first-order valence-electron chi connectivity index (χ1n) is 9.72. The molecule has 1 amide bonds. The molecule has 0 saturated carbocycles. The van der Waals surface area contributed by atoms with Crippen molar-refractivity contribution in [2.24, 2.45) is 5.92 Å². The van der Waals surface area contributed by atoms with Gasteiger partial charge >= 0.3 is 5.97 Å². The number of nitrogens with one attached hydrogen (secondary N) is 1. The summed E-state index contributed by atoms with van der Waals surface area (Å²) >= 11 is 0. The Morgan fingerprint density at radius 2 is 1.75 bits per heavy atom. The fraction of sp³-hybridized carbons (Fsp3) is 0.304. The molecule has 1 aliphatic rings. The number of carbonyl (C=O) groups excluding carboxylic acids is 1. The predicted molar refractivity (Wildman–Crippen MR) is 109 cm³/mol. The average Bonchev–Trinajstić information content (AvgIpc) is 3.04. The van der Waals surface area contributed by atoms with Crippen LogP contribution < -0.4 is 0 Å². The smallest absolute Gasteiger partial charge is 0.335 e. The molecule has 0 spiro atoms. The van der Waals surface area contributed by atoms with E-state index in [1.165, 1.54) is 0 Å². The van der Waals surface area contributed by atoms with Crippen molar-refractivity contribution in [2.45, 2.75) is 26.2 Å². The first-order valence-corrected chi connectivity index (χ1v) is 9.72. The van der Waals surface area contributed by atoms with Crippen LogP contribution in [0.5, 0.6) is 0 Å². The van der Waals surface area contributed by atoms with Gasteiger partial charge in [0, 0.05) is 29.7 Å². The summed E-state index contributed by atoms with van der Waals surface area (Å²) in [7, 11) is 0. The van der Waals surface area contributed by atoms with Crippen molar-refractivity contribution in [1.29, 1.82) is 0 Å². The zero-order chi connectivity index (χ0) is 19.7. The minimum absolute atomic E-state index is 0.0827. The molecule has 0 atom stereocenters. The van der Waals surface area contributed by atoms with E-state index in [1.807, 2.05) is 48.2 Å². The molecule has 5 nitrogen and oxygen atoms in total. The van der Waals surface area contributed by atoms with Gasteiger partial charge in [0.05, 0.1) is 11.1 Å². The summed E-state index contributed by atoms with van der Waals surface area (Å²) < 4.78 is 0. The van der Waals surface area contributed by atoms with Crippen LogP contribution in [-0.4, -0.2) is 40.0 Å². The van der Waals surface area contributed by atoms with E-state index in [9.17, 15) is 14.7 Å². The number of carboxylic acid groups (broad SMARTS) is 1. The number of H-pyrrole nitrogens is 1. The lowest BCUT2D eigenvalue weighted by Crippen LogP contribution is -2.39. The quantitative estimate of drug-likeness (QED) is 0.714. The number of amides is 1. The van der Waals surface area contributed by atoms with Gasteiger partial charge in [0.1, 0.15) is 0 Å². The molecule has 0 bridgehead atoms. The van der Waals surface area contributed by atoms with E-state index in [-0.39, 0.29) is 5.91 Å². The second kappa shape index (κ2) is 7.50. The molecule has 0 aliphatic carbocycles. The SMILES string of the molecule is Cc1[nH]c2ccccc2c1C(=O)N1CCC(Cc2ccccc2C(=O)O)CC1. The van der Waals surface area contributed by atoms with Gasteiger partial charge in [-0.1, -0.05) is 36.4 Å². The van der Waals surface area contributed by atoms with Crippen molar-refractivity contribution < 1.29 is 14.7 Å². The third kappa shape index (κ3) is 3.40. The number of benzene rings is 2. The van der Waals surface area contributed by atoms with Crippen molar-refractivity contribution in [3.8, 4) is 0 Å². The summed E-state index contributed by atoms with van der Waals surface area (Å²) in [4.78, 5) is 29.8. The van der Waals surface area contributed by atoms with E-state index in [1.54, 1.807) is 12.1 Å². The summed E-state index contributed by atoms with van der Waals surface area (Å²) in [5, 5.41) is 10.3. The predicted octanol–water partition coefficient (Wildman–Crippen LogP) is 4.27. The van der Waals surface area contributed by atoms with Crippen LogP contribution in [0.15, 0.2) is 48.5 Å². The topological polar surface area (TPSA) is 73.4 Å². The van der Waals surface area contributed by atoms with E-state index in [4.69, 9.17) is 0 Å². The zero-order valence-corrected chi connectivity index (χ0v) is 15.9. The number of aromatic amines is 1. The Kier molecular flexibility index (Phi) is 4.90. The number of aromatic carboxylic acids is 1. The monoisotopic (exact) mass is 376 g/mol. The number of hydrogen-bond acceptors (Lipinski definition) is 2. The largest absolute Gasteiger partial charge is 0.478 e. The van der Waals surface area contributed by atoms with Gasteiger partial charge in [0.25, 0.3) is 5.91 Å². The van der Waals surface area contributed by atoms with Crippen LogP contribution in [0.3, 0.4) is 0 Å². The molecule has 5 heteroatoms. The highest BCUT2D eigenvalue weighted by Gasteiger charge is 2.27. The van der Waals surface area contributed by atoms with E-state index < -0.39 is 5.97 Å². The number of rotatable bonds is 4. The molecule has 1 fully saturated rings. The van der Waals surface area contributed by atoms with Gasteiger partial charge in [0.15, 0.2) is 0 Å². The van der Waals surface area contributed by atoms with Crippen molar-refractivity contribution in [3.63, 3.8) is 0 Å².